The highest BCUT2D eigenvalue weighted by atomic mass is 16.2. The summed E-state index contributed by atoms with van der Waals surface area (Å²) >= 11 is 0. The van der Waals surface area contributed by atoms with E-state index in [0.29, 0.717) is 17.5 Å². The Bertz CT molecular complexity index is 1020. The number of aryl methyl sites for hydroxylation is 1. The second-order valence-corrected chi connectivity index (χ2v) is 8.59. The molecule has 5 heteroatoms. The maximum atomic E-state index is 13.1. The van der Waals surface area contributed by atoms with Crippen LogP contribution < -0.4 is 0 Å². The molecule has 0 radical (unpaired) electrons. The number of carbonyl (C=O) groups is 1. The highest BCUT2D eigenvalue weighted by molar-refractivity contribution is 6.05. The van der Waals surface area contributed by atoms with E-state index in [1.54, 1.807) is 6.20 Å². The number of hydrogen-bond donors (Lipinski definition) is 0. The molecule has 29 heavy (non-hydrogen) atoms. The number of aromatic nitrogens is 3. The van der Waals surface area contributed by atoms with E-state index in [9.17, 15) is 4.79 Å². The van der Waals surface area contributed by atoms with Gasteiger partial charge in [0.05, 0.1) is 0 Å². The zero-order valence-electron chi connectivity index (χ0n) is 17.1. The molecule has 5 rings (SSSR count). The van der Waals surface area contributed by atoms with Crippen molar-refractivity contribution in [3.8, 4) is 0 Å². The molecule has 0 unspecified atom stereocenters. The van der Waals surface area contributed by atoms with E-state index < -0.39 is 0 Å². The van der Waals surface area contributed by atoms with Crippen LogP contribution in [0.25, 0.3) is 10.8 Å². The van der Waals surface area contributed by atoms with Gasteiger partial charge in [-0.3, -0.25) is 9.78 Å². The third-order valence-corrected chi connectivity index (χ3v) is 6.57. The summed E-state index contributed by atoms with van der Waals surface area (Å²) in [6, 6.07) is 9.97. The van der Waals surface area contributed by atoms with Gasteiger partial charge in [0, 0.05) is 49.0 Å². The van der Waals surface area contributed by atoms with Crippen LogP contribution in [0.1, 0.15) is 60.0 Å². The van der Waals surface area contributed by atoms with E-state index in [2.05, 4.69) is 21.5 Å². The standard InChI is InChI=1S/C24H28N4O/c1-17-16-26-23(20-6-7-20)28(17)15-11-18-9-13-27(14-10-18)24(29)22-21-5-3-2-4-19(21)8-12-25-22/h2-5,8,12,16,18,20H,6-7,9-11,13-15H2,1H3. The summed E-state index contributed by atoms with van der Waals surface area (Å²) in [7, 11) is 0. The number of fused-ring (bicyclic) bond motifs is 1. The maximum Gasteiger partial charge on any atom is 0.273 e. The predicted molar refractivity (Wildman–Crippen MR) is 114 cm³/mol. The molecule has 1 amide bonds. The summed E-state index contributed by atoms with van der Waals surface area (Å²) < 4.78 is 2.43. The number of piperidine rings is 1. The van der Waals surface area contributed by atoms with E-state index in [-0.39, 0.29) is 5.91 Å². The van der Waals surface area contributed by atoms with E-state index in [0.717, 1.165) is 43.2 Å². The molecule has 1 saturated heterocycles. The third kappa shape index (κ3) is 3.66. The molecule has 3 aromatic rings. The van der Waals surface area contributed by atoms with Crippen LogP contribution in [0.2, 0.25) is 0 Å². The van der Waals surface area contributed by atoms with Crippen LogP contribution in [-0.4, -0.2) is 38.4 Å². The summed E-state index contributed by atoms with van der Waals surface area (Å²) in [4.78, 5) is 24.1. The Balaban J connectivity index is 1.20. The lowest BCUT2D eigenvalue weighted by atomic mass is 9.93. The van der Waals surface area contributed by atoms with Crippen LogP contribution in [0, 0.1) is 12.8 Å². The third-order valence-electron chi connectivity index (χ3n) is 6.57. The van der Waals surface area contributed by atoms with E-state index in [1.807, 2.05) is 41.4 Å². The van der Waals surface area contributed by atoms with Gasteiger partial charge < -0.3 is 9.47 Å². The molecule has 0 N–H and O–H groups in total. The first kappa shape index (κ1) is 18.3. The molecular weight excluding hydrogens is 360 g/mol. The Morgan fingerprint density at radius 3 is 2.66 bits per heavy atom. The Hall–Kier alpha value is -2.69. The second kappa shape index (κ2) is 7.62. The first-order valence-electron chi connectivity index (χ1n) is 10.9. The van der Waals surface area contributed by atoms with Gasteiger partial charge in [-0.15, -0.1) is 0 Å². The lowest BCUT2D eigenvalue weighted by Crippen LogP contribution is -2.39. The Kier molecular flexibility index (Phi) is 4.82. The fraction of sp³-hybridized carbons (Fsp3) is 0.458. The Labute approximate surface area is 171 Å². The number of hydrogen-bond acceptors (Lipinski definition) is 3. The normalized spacial score (nSPS) is 17.8. The quantitative estimate of drug-likeness (QED) is 0.644. The van der Waals surface area contributed by atoms with Crippen molar-refractivity contribution < 1.29 is 4.79 Å². The van der Waals surface area contributed by atoms with Crippen molar-refractivity contribution in [3.05, 3.63) is 59.9 Å². The van der Waals surface area contributed by atoms with Crippen molar-refractivity contribution >= 4 is 16.7 Å². The van der Waals surface area contributed by atoms with Crippen LogP contribution in [0.15, 0.2) is 42.7 Å². The smallest absolute Gasteiger partial charge is 0.273 e. The summed E-state index contributed by atoms with van der Waals surface area (Å²) in [5.41, 5.74) is 1.87. The minimum Gasteiger partial charge on any atom is -0.337 e. The van der Waals surface area contributed by atoms with Gasteiger partial charge in [-0.05, 0) is 56.4 Å². The molecule has 2 aromatic heterocycles. The van der Waals surface area contributed by atoms with Crippen LogP contribution in [-0.2, 0) is 6.54 Å². The van der Waals surface area contributed by atoms with Crippen LogP contribution in [0.5, 0.6) is 0 Å². The van der Waals surface area contributed by atoms with Gasteiger partial charge in [-0.2, -0.15) is 0 Å². The largest absolute Gasteiger partial charge is 0.337 e. The zero-order valence-corrected chi connectivity index (χ0v) is 17.1. The number of imidazole rings is 1. The number of likely N-dealkylation sites (tertiary alicyclic amines) is 1. The number of pyridine rings is 1. The van der Waals surface area contributed by atoms with Gasteiger partial charge in [-0.1, -0.05) is 24.3 Å². The highest BCUT2D eigenvalue weighted by Gasteiger charge is 2.29. The van der Waals surface area contributed by atoms with Crippen molar-refractivity contribution in [3.63, 3.8) is 0 Å². The number of benzene rings is 1. The lowest BCUT2D eigenvalue weighted by Gasteiger charge is -2.32. The Morgan fingerprint density at radius 1 is 1.07 bits per heavy atom. The first-order chi connectivity index (χ1) is 14.2. The Morgan fingerprint density at radius 2 is 1.86 bits per heavy atom. The monoisotopic (exact) mass is 388 g/mol. The van der Waals surface area contributed by atoms with E-state index in [1.165, 1.54) is 30.8 Å². The number of carbonyl (C=O) groups excluding carboxylic acids is 1. The summed E-state index contributed by atoms with van der Waals surface area (Å²) in [6.07, 6.45) is 9.66. The van der Waals surface area contributed by atoms with Gasteiger partial charge in [0.15, 0.2) is 0 Å². The summed E-state index contributed by atoms with van der Waals surface area (Å²) in [5, 5.41) is 2.02. The molecule has 0 atom stereocenters. The summed E-state index contributed by atoms with van der Waals surface area (Å²) in [5.74, 6) is 2.73. The van der Waals surface area contributed by atoms with Gasteiger partial charge in [0.25, 0.3) is 5.91 Å². The molecule has 5 nitrogen and oxygen atoms in total. The molecule has 0 spiro atoms. The number of rotatable bonds is 5. The van der Waals surface area contributed by atoms with Gasteiger partial charge in [-0.25, -0.2) is 4.98 Å². The fourth-order valence-electron chi connectivity index (χ4n) is 4.61. The van der Waals surface area contributed by atoms with Crippen LogP contribution >= 0.6 is 0 Å². The molecule has 1 saturated carbocycles. The average Bonchev–Trinajstić information content (AvgIpc) is 3.54. The van der Waals surface area contributed by atoms with Gasteiger partial charge in [0.2, 0.25) is 0 Å². The average molecular weight is 389 g/mol. The van der Waals surface area contributed by atoms with Crippen molar-refractivity contribution in [2.45, 2.75) is 51.5 Å². The topological polar surface area (TPSA) is 51.0 Å². The molecule has 0 bridgehead atoms. The van der Waals surface area contributed by atoms with Gasteiger partial charge >= 0.3 is 0 Å². The first-order valence-corrected chi connectivity index (χ1v) is 10.9. The SMILES string of the molecule is Cc1cnc(C2CC2)n1CCC1CCN(C(=O)c2nccc3ccccc23)CC1. The summed E-state index contributed by atoms with van der Waals surface area (Å²) in [6.45, 7) is 4.87. The lowest BCUT2D eigenvalue weighted by molar-refractivity contribution is 0.0681. The number of nitrogens with zero attached hydrogens (tertiary/aromatic N) is 4. The molecule has 2 fully saturated rings. The molecule has 1 aromatic carbocycles. The van der Waals surface area contributed by atoms with Crippen LogP contribution in [0.4, 0.5) is 0 Å². The molecular formula is C24H28N4O. The molecule has 1 aliphatic carbocycles. The predicted octanol–water partition coefficient (Wildman–Crippen LogP) is 4.56. The minimum atomic E-state index is 0.0710. The second-order valence-electron chi connectivity index (χ2n) is 8.59. The molecule has 1 aliphatic heterocycles. The molecule has 3 heterocycles. The van der Waals surface area contributed by atoms with Crippen molar-refractivity contribution in [2.75, 3.05) is 13.1 Å². The van der Waals surface area contributed by atoms with E-state index >= 15 is 0 Å². The zero-order chi connectivity index (χ0) is 19.8. The number of amides is 1. The fourth-order valence-corrected chi connectivity index (χ4v) is 4.61. The minimum absolute atomic E-state index is 0.0710. The molecule has 150 valence electrons. The molecule has 2 aliphatic rings. The highest BCUT2D eigenvalue weighted by Crippen LogP contribution is 2.39. The van der Waals surface area contributed by atoms with Crippen molar-refractivity contribution in [1.82, 2.24) is 19.4 Å². The van der Waals surface area contributed by atoms with Crippen molar-refractivity contribution in [1.29, 1.82) is 0 Å². The van der Waals surface area contributed by atoms with Crippen LogP contribution in [0.3, 0.4) is 0 Å². The van der Waals surface area contributed by atoms with E-state index in [4.69, 9.17) is 0 Å². The van der Waals surface area contributed by atoms with Gasteiger partial charge in [0.1, 0.15) is 11.5 Å². The van der Waals surface area contributed by atoms with Crippen molar-refractivity contribution in [2.24, 2.45) is 5.92 Å². The maximum absolute atomic E-state index is 13.1.